The summed E-state index contributed by atoms with van der Waals surface area (Å²) in [6.07, 6.45) is 5.08. The highest BCUT2D eigenvalue weighted by atomic mass is 16.6. The smallest absolute Gasteiger partial charge is 0.317 e. The standard InChI is InChI=1S/C14H24N2O3/c1-2-16(12-3-4-12)13(17)15-11-5-7-19-14(9-11)6-8-18-10-14/h11-12H,2-10H2,1H3,(H,15,17). The summed E-state index contributed by atoms with van der Waals surface area (Å²) in [7, 11) is 0. The first-order valence-electron chi connectivity index (χ1n) is 7.51. The number of nitrogens with zero attached hydrogens (tertiary/aromatic N) is 1. The van der Waals surface area contributed by atoms with Gasteiger partial charge in [0.2, 0.25) is 0 Å². The molecule has 2 amide bonds. The van der Waals surface area contributed by atoms with Crippen molar-refractivity contribution in [3.8, 4) is 0 Å². The van der Waals surface area contributed by atoms with Crippen molar-refractivity contribution in [2.45, 2.75) is 56.7 Å². The number of nitrogens with one attached hydrogen (secondary N) is 1. The number of rotatable bonds is 3. The maximum Gasteiger partial charge on any atom is 0.317 e. The topological polar surface area (TPSA) is 50.8 Å². The first-order chi connectivity index (χ1) is 9.22. The molecule has 108 valence electrons. The number of amides is 2. The van der Waals surface area contributed by atoms with Crippen molar-refractivity contribution in [3.05, 3.63) is 0 Å². The maximum atomic E-state index is 12.3. The average molecular weight is 268 g/mol. The lowest BCUT2D eigenvalue weighted by Gasteiger charge is -2.38. The largest absolute Gasteiger partial charge is 0.378 e. The van der Waals surface area contributed by atoms with Crippen molar-refractivity contribution in [2.24, 2.45) is 0 Å². The van der Waals surface area contributed by atoms with Gasteiger partial charge >= 0.3 is 6.03 Å². The summed E-state index contributed by atoms with van der Waals surface area (Å²) in [6, 6.07) is 0.815. The second-order valence-electron chi connectivity index (χ2n) is 5.99. The van der Waals surface area contributed by atoms with Crippen LogP contribution >= 0.6 is 0 Å². The van der Waals surface area contributed by atoms with E-state index in [1.54, 1.807) is 0 Å². The monoisotopic (exact) mass is 268 g/mol. The summed E-state index contributed by atoms with van der Waals surface area (Å²) < 4.78 is 11.4. The normalized spacial score (nSPS) is 34.5. The van der Waals surface area contributed by atoms with Gasteiger partial charge in [-0.1, -0.05) is 0 Å². The van der Waals surface area contributed by atoms with E-state index in [-0.39, 0.29) is 17.7 Å². The molecule has 19 heavy (non-hydrogen) atoms. The third kappa shape index (κ3) is 2.87. The van der Waals surface area contributed by atoms with Crippen molar-refractivity contribution in [2.75, 3.05) is 26.4 Å². The Morgan fingerprint density at radius 1 is 1.37 bits per heavy atom. The van der Waals surface area contributed by atoms with E-state index in [9.17, 15) is 4.79 Å². The quantitative estimate of drug-likeness (QED) is 0.844. The Hall–Kier alpha value is -0.810. The highest BCUT2D eigenvalue weighted by molar-refractivity contribution is 5.75. The fourth-order valence-corrected chi connectivity index (χ4v) is 3.23. The Balaban J connectivity index is 1.55. The van der Waals surface area contributed by atoms with Crippen LogP contribution in [0.1, 0.15) is 39.0 Å². The molecule has 3 fully saturated rings. The number of hydrogen-bond acceptors (Lipinski definition) is 3. The van der Waals surface area contributed by atoms with E-state index < -0.39 is 0 Å². The molecule has 3 rings (SSSR count). The molecule has 2 saturated heterocycles. The van der Waals surface area contributed by atoms with Gasteiger partial charge < -0.3 is 19.7 Å². The van der Waals surface area contributed by atoms with E-state index in [1.165, 1.54) is 0 Å². The SMILES string of the molecule is CCN(C(=O)NC1CCOC2(CCOC2)C1)C1CC1. The van der Waals surface area contributed by atoms with Crippen molar-refractivity contribution >= 4 is 6.03 Å². The lowest BCUT2D eigenvalue weighted by atomic mass is 9.90. The Bertz CT molecular complexity index is 338. The van der Waals surface area contributed by atoms with Gasteiger partial charge in [-0.05, 0) is 32.6 Å². The zero-order valence-corrected chi connectivity index (χ0v) is 11.7. The molecule has 2 heterocycles. The first-order valence-corrected chi connectivity index (χ1v) is 7.51. The molecule has 0 aromatic rings. The lowest BCUT2D eigenvalue weighted by Crippen LogP contribution is -2.52. The second kappa shape index (κ2) is 5.29. The van der Waals surface area contributed by atoms with E-state index in [0.29, 0.717) is 12.6 Å². The predicted octanol–water partition coefficient (Wildman–Crippen LogP) is 1.52. The minimum atomic E-state index is -0.132. The number of urea groups is 1. The summed E-state index contributed by atoms with van der Waals surface area (Å²) in [4.78, 5) is 14.2. The van der Waals surface area contributed by atoms with Crippen LogP contribution < -0.4 is 5.32 Å². The van der Waals surface area contributed by atoms with Gasteiger partial charge in [0, 0.05) is 38.3 Å². The summed E-state index contributed by atoms with van der Waals surface area (Å²) in [6.45, 7) is 5.04. The van der Waals surface area contributed by atoms with Crippen molar-refractivity contribution in [3.63, 3.8) is 0 Å². The molecule has 1 spiro atoms. The third-order valence-electron chi connectivity index (χ3n) is 4.48. The van der Waals surface area contributed by atoms with Crippen LogP contribution in [-0.2, 0) is 9.47 Å². The van der Waals surface area contributed by atoms with Gasteiger partial charge in [0.1, 0.15) is 0 Å². The molecule has 5 heteroatoms. The number of carbonyl (C=O) groups excluding carboxylic acids is 1. The van der Waals surface area contributed by atoms with Crippen molar-refractivity contribution in [1.29, 1.82) is 0 Å². The zero-order chi connectivity index (χ0) is 13.3. The molecule has 0 aromatic carbocycles. The fourth-order valence-electron chi connectivity index (χ4n) is 3.23. The minimum absolute atomic E-state index is 0.103. The van der Waals surface area contributed by atoms with Gasteiger partial charge in [-0.3, -0.25) is 0 Å². The number of hydrogen-bond donors (Lipinski definition) is 1. The second-order valence-corrected chi connectivity index (χ2v) is 5.99. The van der Waals surface area contributed by atoms with Crippen LogP contribution in [0.4, 0.5) is 4.79 Å². The van der Waals surface area contributed by atoms with Gasteiger partial charge in [0.25, 0.3) is 0 Å². The molecule has 0 aromatic heterocycles. The Morgan fingerprint density at radius 2 is 2.21 bits per heavy atom. The molecule has 0 radical (unpaired) electrons. The van der Waals surface area contributed by atoms with E-state index in [4.69, 9.17) is 9.47 Å². The van der Waals surface area contributed by atoms with Crippen LogP contribution in [0.25, 0.3) is 0 Å². The highest BCUT2D eigenvalue weighted by Crippen LogP contribution is 2.33. The molecule has 0 bridgehead atoms. The van der Waals surface area contributed by atoms with Gasteiger partial charge in [0.05, 0.1) is 12.2 Å². The summed E-state index contributed by atoms with van der Waals surface area (Å²) >= 11 is 0. The minimum Gasteiger partial charge on any atom is -0.378 e. The molecule has 1 N–H and O–H groups in total. The lowest BCUT2D eigenvalue weighted by molar-refractivity contribution is -0.0881. The van der Waals surface area contributed by atoms with Crippen LogP contribution in [0, 0.1) is 0 Å². The summed E-state index contributed by atoms with van der Waals surface area (Å²) in [5.74, 6) is 0. The average Bonchev–Trinajstić information content (AvgIpc) is 3.13. The molecule has 3 aliphatic rings. The molecule has 1 saturated carbocycles. The van der Waals surface area contributed by atoms with Crippen LogP contribution in [0.15, 0.2) is 0 Å². The first kappa shape index (κ1) is 13.2. The molecule has 2 unspecified atom stereocenters. The molecule has 1 aliphatic carbocycles. The van der Waals surface area contributed by atoms with Crippen LogP contribution in [0.5, 0.6) is 0 Å². The summed E-state index contributed by atoms with van der Waals surface area (Å²) in [5, 5.41) is 3.19. The van der Waals surface area contributed by atoms with Gasteiger partial charge in [-0.15, -0.1) is 0 Å². The van der Waals surface area contributed by atoms with Crippen molar-refractivity contribution in [1.82, 2.24) is 10.2 Å². The maximum absolute atomic E-state index is 12.3. The summed E-state index contributed by atoms with van der Waals surface area (Å²) in [5.41, 5.74) is -0.132. The van der Waals surface area contributed by atoms with E-state index >= 15 is 0 Å². The Labute approximate surface area is 114 Å². The molecule has 2 atom stereocenters. The van der Waals surface area contributed by atoms with Gasteiger partial charge in [-0.25, -0.2) is 4.79 Å². The number of ether oxygens (including phenoxy) is 2. The predicted molar refractivity (Wildman–Crippen MR) is 71.1 cm³/mol. The van der Waals surface area contributed by atoms with Crippen LogP contribution in [0.2, 0.25) is 0 Å². The molecular formula is C14H24N2O3. The van der Waals surface area contributed by atoms with Gasteiger partial charge in [-0.2, -0.15) is 0 Å². The Morgan fingerprint density at radius 3 is 2.84 bits per heavy atom. The third-order valence-corrected chi connectivity index (χ3v) is 4.48. The molecular weight excluding hydrogens is 244 g/mol. The highest BCUT2D eigenvalue weighted by Gasteiger charge is 2.42. The van der Waals surface area contributed by atoms with E-state index in [0.717, 1.165) is 51.9 Å². The number of carbonyl (C=O) groups is 1. The zero-order valence-electron chi connectivity index (χ0n) is 11.7. The fraction of sp³-hybridized carbons (Fsp3) is 0.929. The van der Waals surface area contributed by atoms with Crippen LogP contribution in [-0.4, -0.2) is 55.0 Å². The molecule has 2 aliphatic heterocycles. The van der Waals surface area contributed by atoms with Gasteiger partial charge in [0.15, 0.2) is 0 Å². The Kier molecular flexibility index (Phi) is 3.67. The van der Waals surface area contributed by atoms with E-state index in [2.05, 4.69) is 5.32 Å². The van der Waals surface area contributed by atoms with Crippen molar-refractivity contribution < 1.29 is 14.3 Å². The van der Waals surface area contributed by atoms with Crippen LogP contribution in [0.3, 0.4) is 0 Å². The van der Waals surface area contributed by atoms with E-state index in [1.807, 2.05) is 11.8 Å². The molecule has 5 nitrogen and oxygen atoms in total.